The zero-order valence-electron chi connectivity index (χ0n) is 11.7. The van der Waals surface area contributed by atoms with Gasteiger partial charge in [-0.05, 0) is 42.5 Å². The Labute approximate surface area is 130 Å². The number of benzene rings is 1. The summed E-state index contributed by atoms with van der Waals surface area (Å²) in [4.78, 5) is 4.37. The van der Waals surface area contributed by atoms with E-state index >= 15 is 0 Å². The smallest absolute Gasteiger partial charge is 0.142 e. The van der Waals surface area contributed by atoms with Crippen LogP contribution in [0.5, 0.6) is 5.75 Å². The summed E-state index contributed by atoms with van der Waals surface area (Å²) >= 11 is 0. The molecule has 1 aromatic heterocycles. The van der Waals surface area contributed by atoms with Crippen molar-refractivity contribution in [2.24, 2.45) is 0 Å². The molecule has 1 aliphatic rings. The first-order valence-electron chi connectivity index (χ1n) is 6.60. The SMILES string of the molecule is COc1ccc(-c2c(C#N)c(N)nc3c2CCC3)cc1.Cl. The number of nitrogens with zero attached hydrogens (tertiary/aromatic N) is 2. The molecule has 0 atom stereocenters. The molecule has 0 saturated carbocycles. The monoisotopic (exact) mass is 301 g/mol. The Hall–Kier alpha value is -2.25. The van der Waals surface area contributed by atoms with E-state index in [1.165, 1.54) is 5.56 Å². The second-order valence-corrected chi connectivity index (χ2v) is 4.87. The zero-order valence-corrected chi connectivity index (χ0v) is 12.5. The summed E-state index contributed by atoms with van der Waals surface area (Å²) in [6, 6.07) is 9.93. The molecule has 2 aromatic rings. The number of anilines is 1. The van der Waals surface area contributed by atoms with Gasteiger partial charge in [0, 0.05) is 11.3 Å². The maximum absolute atomic E-state index is 9.40. The first kappa shape index (κ1) is 15.1. The minimum atomic E-state index is 0. The molecule has 0 spiro atoms. The molecular weight excluding hydrogens is 286 g/mol. The molecule has 1 heterocycles. The standard InChI is InChI=1S/C16H15N3O.ClH/c1-20-11-7-5-10(6-8-11)15-12-3-2-4-14(12)19-16(18)13(15)9-17;/h5-8H,2-4H2,1H3,(H2,18,19);1H. The second kappa shape index (κ2) is 6.02. The second-order valence-electron chi connectivity index (χ2n) is 4.87. The van der Waals surface area contributed by atoms with Gasteiger partial charge in [-0.3, -0.25) is 0 Å². The third-order valence-corrected chi connectivity index (χ3v) is 3.74. The fourth-order valence-corrected chi connectivity index (χ4v) is 2.79. The molecule has 2 N–H and O–H groups in total. The van der Waals surface area contributed by atoms with Gasteiger partial charge >= 0.3 is 0 Å². The number of pyridine rings is 1. The van der Waals surface area contributed by atoms with Gasteiger partial charge in [-0.2, -0.15) is 5.26 Å². The van der Waals surface area contributed by atoms with Gasteiger partial charge in [0.05, 0.1) is 7.11 Å². The number of aryl methyl sites for hydroxylation is 1. The van der Waals surface area contributed by atoms with Crippen molar-refractivity contribution in [3.63, 3.8) is 0 Å². The van der Waals surface area contributed by atoms with E-state index in [-0.39, 0.29) is 12.4 Å². The van der Waals surface area contributed by atoms with Crippen LogP contribution in [0.25, 0.3) is 11.1 Å². The largest absolute Gasteiger partial charge is 0.497 e. The van der Waals surface area contributed by atoms with Crippen molar-refractivity contribution >= 4 is 18.2 Å². The number of methoxy groups -OCH3 is 1. The highest BCUT2D eigenvalue weighted by atomic mass is 35.5. The Balaban J connectivity index is 0.00000161. The van der Waals surface area contributed by atoms with E-state index in [0.717, 1.165) is 41.8 Å². The van der Waals surface area contributed by atoms with Crippen LogP contribution in [0.3, 0.4) is 0 Å². The number of nitrogen functional groups attached to an aromatic ring is 1. The van der Waals surface area contributed by atoms with Crippen LogP contribution in [0, 0.1) is 11.3 Å². The molecule has 0 fully saturated rings. The molecule has 108 valence electrons. The van der Waals surface area contributed by atoms with Crippen molar-refractivity contribution in [1.29, 1.82) is 5.26 Å². The zero-order chi connectivity index (χ0) is 14.1. The number of hydrogen-bond acceptors (Lipinski definition) is 4. The van der Waals surface area contributed by atoms with Crippen molar-refractivity contribution in [1.82, 2.24) is 4.98 Å². The van der Waals surface area contributed by atoms with Crippen LogP contribution in [0.15, 0.2) is 24.3 Å². The number of ether oxygens (including phenoxy) is 1. The van der Waals surface area contributed by atoms with Crippen LogP contribution in [0.4, 0.5) is 5.82 Å². The lowest BCUT2D eigenvalue weighted by molar-refractivity contribution is 0.415. The highest BCUT2D eigenvalue weighted by Crippen LogP contribution is 2.36. The number of aromatic nitrogens is 1. The summed E-state index contributed by atoms with van der Waals surface area (Å²) in [7, 11) is 1.64. The number of hydrogen-bond donors (Lipinski definition) is 1. The molecule has 1 aromatic carbocycles. The summed E-state index contributed by atoms with van der Waals surface area (Å²) in [6.45, 7) is 0. The van der Waals surface area contributed by atoms with Gasteiger partial charge in [-0.25, -0.2) is 4.98 Å². The maximum atomic E-state index is 9.40. The highest BCUT2D eigenvalue weighted by molar-refractivity contribution is 5.85. The first-order chi connectivity index (χ1) is 9.74. The van der Waals surface area contributed by atoms with Crippen LogP contribution in [0.2, 0.25) is 0 Å². The number of nitrogens with two attached hydrogens (primary N) is 1. The Bertz CT molecular complexity index is 704. The topological polar surface area (TPSA) is 71.9 Å². The lowest BCUT2D eigenvalue weighted by Gasteiger charge is -2.13. The Morgan fingerprint density at radius 1 is 1.24 bits per heavy atom. The van der Waals surface area contributed by atoms with Crippen LogP contribution in [-0.4, -0.2) is 12.1 Å². The molecule has 0 radical (unpaired) electrons. The minimum absolute atomic E-state index is 0. The lowest BCUT2D eigenvalue weighted by atomic mass is 9.95. The Kier molecular flexibility index (Phi) is 4.35. The lowest BCUT2D eigenvalue weighted by Crippen LogP contribution is -2.03. The summed E-state index contributed by atoms with van der Waals surface area (Å²) in [5.41, 5.74) is 10.6. The van der Waals surface area contributed by atoms with Gasteiger partial charge in [0.2, 0.25) is 0 Å². The third kappa shape index (κ3) is 2.53. The highest BCUT2D eigenvalue weighted by Gasteiger charge is 2.22. The van der Waals surface area contributed by atoms with E-state index in [1.807, 2.05) is 24.3 Å². The maximum Gasteiger partial charge on any atom is 0.142 e. The van der Waals surface area contributed by atoms with Gasteiger partial charge in [0.1, 0.15) is 23.2 Å². The summed E-state index contributed by atoms with van der Waals surface area (Å²) in [5, 5.41) is 9.40. The van der Waals surface area contributed by atoms with Gasteiger partial charge in [0.15, 0.2) is 0 Å². The number of rotatable bonds is 2. The molecule has 4 nitrogen and oxygen atoms in total. The van der Waals surface area contributed by atoms with Crippen LogP contribution in [-0.2, 0) is 12.8 Å². The average Bonchev–Trinajstić information content (AvgIpc) is 2.93. The number of nitriles is 1. The normalized spacial score (nSPS) is 12.2. The molecule has 0 bridgehead atoms. The quantitative estimate of drug-likeness (QED) is 0.925. The predicted molar refractivity (Wildman–Crippen MR) is 84.6 cm³/mol. The fourth-order valence-electron chi connectivity index (χ4n) is 2.79. The van der Waals surface area contributed by atoms with Gasteiger partial charge in [-0.15, -0.1) is 12.4 Å². The van der Waals surface area contributed by atoms with E-state index in [0.29, 0.717) is 11.4 Å². The molecule has 5 heteroatoms. The first-order valence-corrected chi connectivity index (χ1v) is 6.60. The van der Waals surface area contributed by atoms with E-state index in [2.05, 4.69) is 11.1 Å². The van der Waals surface area contributed by atoms with E-state index in [9.17, 15) is 5.26 Å². The molecule has 21 heavy (non-hydrogen) atoms. The molecule has 3 rings (SSSR count). The van der Waals surface area contributed by atoms with Gasteiger partial charge in [-0.1, -0.05) is 12.1 Å². The van der Waals surface area contributed by atoms with Crippen molar-refractivity contribution in [3.05, 3.63) is 41.1 Å². The van der Waals surface area contributed by atoms with Gasteiger partial charge < -0.3 is 10.5 Å². The minimum Gasteiger partial charge on any atom is -0.497 e. The van der Waals surface area contributed by atoms with Crippen LogP contribution < -0.4 is 10.5 Å². The molecule has 0 aliphatic heterocycles. The van der Waals surface area contributed by atoms with Crippen molar-refractivity contribution < 1.29 is 4.74 Å². The third-order valence-electron chi connectivity index (χ3n) is 3.74. The molecule has 0 saturated heterocycles. The average molecular weight is 302 g/mol. The molecular formula is C16H16ClN3O. The van der Waals surface area contributed by atoms with Crippen molar-refractivity contribution in [2.45, 2.75) is 19.3 Å². The fraction of sp³-hybridized carbons (Fsp3) is 0.250. The summed E-state index contributed by atoms with van der Waals surface area (Å²) in [5.74, 6) is 1.13. The van der Waals surface area contributed by atoms with Crippen molar-refractivity contribution in [2.75, 3.05) is 12.8 Å². The Morgan fingerprint density at radius 3 is 2.57 bits per heavy atom. The van der Waals surface area contributed by atoms with E-state index in [1.54, 1.807) is 7.11 Å². The number of fused-ring (bicyclic) bond motifs is 1. The Morgan fingerprint density at radius 2 is 1.95 bits per heavy atom. The number of halogens is 1. The van der Waals surface area contributed by atoms with E-state index < -0.39 is 0 Å². The molecule has 0 unspecified atom stereocenters. The summed E-state index contributed by atoms with van der Waals surface area (Å²) < 4.78 is 5.18. The van der Waals surface area contributed by atoms with Gasteiger partial charge in [0.25, 0.3) is 0 Å². The molecule has 1 aliphatic carbocycles. The van der Waals surface area contributed by atoms with Crippen LogP contribution in [0.1, 0.15) is 23.2 Å². The predicted octanol–water partition coefficient (Wildman–Crippen LogP) is 3.12. The molecule has 0 amide bonds. The summed E-state index contributed by atoms with van der Waals surface area (Å²) in [6.07, 6.45) is 2.97. The van der Waals surface area contributed by atoms with E-state index in [4.69, 9.17) is 10.5 Å². The van der Waals surface area contributed by atoms with Crippen LogP contribution >= 0.6 is 12.4 Å². The van der Waals surface area contributed by atoms with Crippen molar-refractivity contribution in [3.8, 4) is 22.9 Å².